The molecule has 6 nitrogen and oxygen atoms in total. The molecule has 3 rings (SSSR count). The lowest BCUT2D eigenvalue weighted by Crippen LogP contribution is -2.34. The number of hydrogen-bond donors (Lipinski definition) is 1. The zero-order valence-electron chi connectivity index (χ0n) is 13.5. The molecule has 0 radical (unpaired) electrons. The van der Waals surface area contributed by atoms with E-state index in [1.165, 1.54) is 19.3 Å². The van der Waals surface area contributed by atoms with Crippen LogP contribution in [0.5, 0.6) is 0 Å². The van der Waals surface area contributed by atoms with Gasteiger partial charge in [0.05, 0.1) is 12.2 Å². The summed E-state index contributed by atoms with van der Waals surface area (Å²) in [7, 11) is 2.02. The molecule has 0 unspecified atom stereocenters. The van der Waals surface area contributed by atoms with E-state index in [0.717, 1.165) is 48.1 Å². The lowest BCUT2D eigenvalue weighted by molar-refractivity contribution is 0.168. The second-order valence-electron chi connectivity index (χ2n) is 6.07. The third kappa shape index (κ3) is 4.16. The molecule has 0 amide bonds. The molecule has 0 atom stereocenters. The second-order valence-corrected chi connectivity index (χ2v) is 6.92. The van der Waals surface area contributed by atoms with Gasteiger partial charge in [0.1, 0.15) is 0 Å². The number of para-hydroxylation sites is 1. The maximum Gasteiger partial charge on any atom is 0.170 e. The fourth-order valence-corrected chi connectivity index (χ4v) is 3.55. The Bertz CT molecular complexity index is 621. The molecule has 0 saturated carbocycles. The Kier molecular flexibility index (Phi) is 5.75. The molecule has 2 heterocycles. The van der Waals surface area contributed by atoms with Gasteiger partial charge < -0.3 is 5.32 Å². The van der Waals surface area contributed by atoms with Crippen LogP contribution in [0.1, 0.15) is 25.1 Å². The van der Waals surface area contributed by atoms with Crippen molar-refractivity contribution in [1.29, 1.82) is 0 Å². The number of piperidine rings is 1. The highest BCUT2D eigenvalue weighted by Gasteiger charge is 2.21. The molecule has 1 aliphatic heterocycles. The van der Waals surface area contributed by atoms with E-state index < -0.39 is 0 Å². The van der Waals surface area contributed by atoms with Gasteiger partial charge in [-0.2, -0.15) is 4.68 Å². The van der Waals surface area contributed by atoms with Gasteiger partial charge in [-0.1, -0.05) is 12.1 Å². The van der Waals surface area contributed by atoms with E-state index in [1.807, 2.05) is 36.0 Å². The van der Waals surface area contributed by atoms with E-state index in [1.54, 1.807) is 0 Å². The van der Waals surface area contributed by atoms with Crippen LogP contribution in [-0.4, -0.2) is 51.8 Å². The van der Waals surface area contributed by atoms with Crippen LogP contribution in [0.2, 0.25) is 0 Å². The van der Waals surface area contributed by atoms with Crippen molar-refractivity contribution in [3.63, 3.8) is 0 Å². The minimum Gasteiger partial charge on any atom is -0.320 e. The Morgan fingerprint density at radius 1 is 1.26 bits per heavy atom. The summed E-state index contributed by atoms with van der Waals surface area (Å²) in [6, 6.07) is 8.02. The smallest absolute Gasteiger partial charge is 0.170 e. The summed E-state index contributed by atoms with van der Waals surface area (Å²) >= 11 is 3.57. The van der Waals surface area contributed by atoms with Crippen LogP contribution in [0.15, 0.2) is 28.7 Å². The lowest BCUT2D eigenvalue weighted by atomic mass is 9.93. The van der Waals surface area contributed by atoms with E-state index in [9.17, 15) is 0 Å². The summed E-state index contributed by atoms with van der Waals surface area (Å²) in [6.07, 6.45) is 3.80. The normalized spacial score (nSPS) is 16.8. The number of rotatable bonds is 6. The first-order valence-corrected chi connectivity index (χ1v) is 8.96. The maximum atomic E-state index is 4.23. The number of nitrogens with one attached hydrogen (secondary N) is 1. The Balaban J connectivity index is 1.62. The SMILES string of the molecule is CNCCC1CCN(Cc2nnnn2-c2ccccc2Br)CC1. The first kappa shape index (κ1) is 16.5. The lowest BCUT2D eigenvalue weighted by Gasteiger charge is -2.31. The number of aromatic nitrogens is 4. The topological polar surface area (TPSA) is 58.9 Å². The van der Waals surface area contributed by atoms with E-state index >= 15 is 0 Å². The fourth-order valence-electron chi connectivity index (χ4n) is 3.10. The monoisotopic (exact) mass is 378 g/mol. The molecular formula is C16H23BrN6. The van der Waals surface area contributed by atoms with E-state index in [-0.39, 0.29) is 0 Å². The van der Waals surface area contributed by atoms with Crippen LogP contribution < -0.4 is 5.32 Å². The summed E-state index contributed by atoms with van der Waals surface area (Å²) < 4.78 is 2.83. The Morgan fingerprint density at radius 3 is 2.78 bits per heavy atom. The van der Waals surface area contributed by atoms with E-state index in [2.05, 4.69) is 41.7 Å². The predicted molar refractivity (Wildman–Crippen MR) is 93.4 cm³/mol. The van der Waals surface area contributed by atoms with Crippen molar-refractivity contribution in [3.05, 3.63) is 34.6 Å². The molecule has 0 spiro atoms. The van der Waals surface area contributed by atoms with Gasteiger partial charge in [-0.05, 0) is 90.4 Å². The average Bonchev–Trinajstić information content (AvgIpc) is 3.02. The molecule has 0 bridgehead atoms. The first-order chi connectivity index (χ1) is 11.3. The first-order valence-electron chi connectivity index (χ1n) is 8.17. The Morgan fingerprint density at radius 2 is 2.04 bits per heavy atom. The highest BCUT2D eigenvalue weighted by atomic mass is 79.9. The van der Waals surface area contributed by atoms with Gasteiger partial charge in [-0.15, -0.1) is 5.10 Å². The van der Waals surface area contributed by atoms with Crippen molar-refractivity contribution < 1.29 is 0 Å². The number of likely N-dealkylation sites (tertiary alicyclic amines) is 1. The molecule has 7 heteroatoms. The Hall–Kier alpha value is -1.31. The molecule has 1 aromatic heterocycles. The van der Waals surface area contributed by atoms with Crippen molar-refractivity contribution in [2.45, 2.75) is 25.8 Å². The Labute approximate surface area is 145 Å². The van der Waals surface area contributed by atoms with Crippen molar-refractivity contribution >= 4 is 15.9 Å². The van der Waals surface area contributed by atoms with Gasteiger partial charge in [0.25, 0.3) is 0 Å². The van der Waals surface area contributed by atoms with Crippen LogP contribution in [0.4, 0.5) is 0 Å². The molecule has 1 aromatic carbocycles. The number of hydrogen-bond acceptors (Lipinski definition) is 5. The minimum atomic E-state index is 0.799. The van der Waals surface area contributed by atoms with Gasteiger partial charge in [-0.25, -0.2) is 0 Å². The predicted octanol–water partition coefficient (Wildman–Crippen LogP) is 2.25. The molecule has 1 fully saturated rings. The van der Waals surface area contributed by atoms with Gasteiger partial charge in [0.2, 0.25) is 0 Å². The molecule has 124 valence electrons. The van der Waals surface area contributed by atoms with Gasteiger partial charge >= 0.3 is 0 Å². The zero-order valence-corrected chi connectivity index (χ0v) is 15.0. The third-order valence-corrected chi connectivity index (χ3v) is 5.16. The minimum absolute atomic E-state index is 0.799. The van der Waals surface area contributed by atoms with Crippen molar-refractivity contribution in [2.24, 2.45) is 5.92 Å². The van der Waals surface area contributed by atoms with Crippen molar-refractivity contribution in [3.8, 4) is 5.69 Å². The molecule has 1 saturated heterocycles. The van der Waals surface area contributed by atoms with Gasteiger partial charge in [0.15, 0.2) is 5.82 Å². The number of tetrazole rings is 1. The van der Waals surface area contributed by atoms with Crippen LogP contribution in [0.25, 0.3) is 5.69 Å². The number of nitrogens with zero attached hydrogens (tertiary/aromatic N) is 5. The van der Waals surface area contributed by atoms with Crippen molar-refractivity contribution in [1.82, 2.24) is 30.4 Å². The van der Waals surface area contributed by atoms with Crippen LogP contribution in [0, 0.1) is 5.92 Å². The van der Waals surface area contributed by atoms with Crippen LogP contribution >= 0.6 is 15.9 Å². The molecular weight excluding hydrogens is 356 g/mol. The summed E-state index contributed by atoms with van der Waals surface area (Å²) in [5.74, 6) is 1.74. The van der Waals surface area contributed by atoms with Gasteiger partial charge in [0, 0.05) is 4.47 Å². The van der Waals surface area contributed by atoms with E-state index in [4.69, 9.17) is 0 Å². The molecule has 1 aliphatic rings. The van der Waals surface area contributed by atoms with Crippen molar-refractivity contribution in [2.75, 3.05) is 26.7 Å². The van der Waals surface area contributed by atoms with Gasteiger partial charge in [-0.3, -0.25) is 4.90 Å². The zero-order chi connectivity index (χ0) is 16.1. The van der Waals surface area contributed by atoms with E-state index in [0.29, 0.717) is 0 Å². The summed E-state index contributed by atoms with van der Waals surface area (Å²) in [5.41, 5.74) is 0.983. The molecule has 1 N–H and O–H groups in total. The second kappa shape index (κ2) is 7.99. The standard InChI is InChI=1S/C16H23BrN6/c1-18-9-6-13-7-10-22(11-8-13)12-16-19-20-21-23(16)15-5-3-2-4-14(15)17/h2-5,13,18H,6-12H2,1H3. The highest BCUT2D eigenvalue weighted by Crippen LogP contribution is 2.23. The fraction of sp³-hybridized carbons (Fsp3) is 0.562. The number of benzene rings is 1. The summed E-state index contributed by atoms with van der Waals surface area (Å²) in [5, 5.41) is 15.5. The summed E-state index contributed by atoms with van der Waals surface area (Å²) in [6.45, 7) is 4.16. The highest BCUT2D eigenvalue weighted by molar-refractivity contribution is 9.10. The van der Waals surface area contributed by atoms with Crippen LogP contribution in [0.3, 0.4) is 0 Å². The molecule has 2 aromatic rings. The summed E-state index contributed by atoms with van der Waals surface area (Å²) in [4.78, 5) is 2.45. The average molecular weight is 379 g/mol. The van der Waals surface area contributed by atoms with Crippen LogP contribution in [-0.2, 0) is 6.54 Å². The maximum absolute atomic E-state index is 4.23. The molecule has 23 heavy (non-hydrogen) atoms. The third-order valence-electron chi connectivity index (χ3n) is 4.49. The molecule has 0 aliphatic carbocycles. The number of halogens is 1. The quantitative estimate of drug-likeness (QED) is 0.834. The largest absolute Gasteiger partial charge is 0.320 e.